The molecule has 0 aliphatic heterocycles. The SMILES string of the molecule is Br.Nc1nc(=O)cc(C(=O)Nc2ccc(Cl)cc2)s1. The number of hydrogen-bond donors (Lipinski definition) is 2. The van der Waals surface area contributed by atoms with Gasteiger partial charge in [-0.05, 0) is 24.3 Å². The number of aromatic nitrogens is 1. The molecule has 0 saturated heterocycles. The summed E-state index contributed by atoms with van der Waals surface area (Å²) in [6.45, 7) is 0. The van der Waals surface area contributed by atoms with E-state index in [0.717, 1.165) is 17.4 Å². The highest BCUT2D eigenvalue weighted by atomic mass is 79.9. The predicted molar refractivity (Wildman–Crippen MR) is 82.5 cm³/mol. The number of amides is 1. The highest BCUT2D eigenvalue weighted by Crippen LogP contribution is 2.16. The number of nitrogens with one attached hydrogen (secondary N) is 1. The Morgan fingerprint density at radius 2 is 1.95 bits per heavy atom. The number of halogens is 2. The molecule has 100 valence electrons. The summed E-state index contributed by atoms with van der Waals surface area (Å²) in [5.41, 5.74) is 5.47. The average Bonchev–Trinajstić information content (AvgIpc) is 2.31. The maximum Gasteiger partial charge on any atom is 0.273 e. The lowest BCUT2D eigenvalue weighted by Crippen LogP contribution is -2.15. The van der Waals surface area contributed by atoms with Crippen molar-refractivity contribution >= 4 is 56.6 Å². The lowest BCUT2D eigenvalue weighted by molar-refractivity contribution is 0.103. The molecule has 19 heavy (non-hydrogen) atoms. The normalized spacial score (nSPS) is 9.53. The summed E-state index contributed by atoms with van der Waals surface area (Å²) >= 11 is 6.68. The van der Waals surface area contributed by atoms with Crippen molar-refractivity contribution in [2.45, 2.75) is 0 Å². The van der Waals surface area contributed by atoms with E-state index in [2.05, 4.69) is 10.3 Å². The van der Waals surface area contributed by atoms with Crippen molar-refractivity contribution in [3.8, 4) is 0 Å². The number of nitrogens with two attached hydrogens (primary N) is 1. The molecule has 0 atom stereocenters. The predicted octanol–water partition coefficient (Wildman–Crippen LogP) is 2.57. The second-order valence-corrected chi connectivity index (χ2v) is 4.86. The van der Waals surface area contributed by atoms with Gasteiger partial charge in [-0.25, -0.2) is 0 Å². The molecule has 1 aromatic carbocycles. The van der Waals surface area contributed by atoms with Crippen molar-refractivity contribution in [2.24, 2.45) is 0 Å². The van der Waals surface area contributed by atoms with Gasteiger partial charge in [-0.1, -0.05) is 22.9 Å². The van der Waals surface area contributed by atoms with E-state index in [1.165, 1.54) is 0 Å². The number of hydrogen-bond acceptors (Lipinski definition) is 5. The van der Waals surface area contributed by atoms with E-state index in [4.69, 9.17) is 17.3 Å². The van der Waals surface area contributed by atoms with Crippen LogP contribution in [0.25, 0.3) is 0 Å². The van der Waals surface area contributed by atoms with Gasteiger partial charge in [0.05, 0.1) is 0 Å². The Morgan fingerprint density at radius 1 is 1.32 bits per heavy atom. The summed E-state index contributed by atoms with van der Waals surface area (Å²) in [4.78, 5) is 26.7. The average molecular weight is 363 g/mol. The molecule has 5 nitrogen and oxygen atoms in total. The van der Waals surface area contributed by atoms with Crippen molar-refractivity contribution in [3.05, 3.63) is 50.6 Å². The molecule has 0 aliphatic rings. The van der Waals surface area contributed by atoms with E-state index in [-0.39, 0.29) is 27.0 Å². The first-order chi connectivity index (χ1) is 8.54. The van der Waals surface area contributed by atoms with Crippen LogP contribution in [0.1, 0.15) is 9.67 Å². The van der Waals surface area contributed by atoms with Gasteiger partial charge in [0.1, 0.15) is 4.88 Å². The molecule has 0 saturated carbocycles. The van der Waals surface area contributed by atoms with Gasteiger partial charge in [0.15, 0.2) is 5.13 Å². The summed E-state index contributed by atoms with van der Waals surface area (Å²) in [6, 6.07) is 7.77. The maximum absolute atomic E-state index is 11.8. The zero-order valence-corrected chi connectivity index (χ0v) is 12.7. The van der Waals surface area contributed by atoms with Crippen LogP contribution in [0.4, 0.5) is 10.8 Å². The molecule has 1 amide bonds. The highest BCUT2D eigenvalue weighted by Gasteiger charge is 2.09. The number of nitrogens with zero attached hydrogens (tertiary/aromatic N) is 1. The maximum atomic E-state index is 11.8. The fourth-order valence-electron chi connectivity index (χ4n) is 1.26. The quantitative estimate of drug-likeness (QED) is 0.860. The van der Waals surface area contributed by atoms with Crippen molar-refractivity contribution in [1.29, 1.82) is 0 Å². The van der Waals surface area contributed by atoms with Gasteiger partial charge in [-0.2, -0.15) is 4.98 Å². The molecule has 0 radical (unpaired) electrons. The van der Waals surface area contributed by atoms with Crippen LogP contribution < -0.4 is 16.6 Å². The molecular formula is C11H9BrClN3O2S. The minimum atomic E-state index is -0.535. The summed E-state index contributed by atoms with van der Waals surface area (Å²) in [7, 11) is 0. The van der Waals surface area contributed by atoms with Crippen LogP contribution >= 0.6 is 39.9 Å². The van der Waals surface area contributed by atoms with Crippen LogP contribution in [0.3, 0.4) is 0 Å². The lowest BCUT2D eigenvalue weighted by Gasteiger charge is -2.04. The Labute approximate surface area is 128 Å². The number of carbonyl (C=O) groups is 1. The molecule has 1 aromatic heterocycles. The van der Waals surface area contributed by atoms with Crippen LogP contribution in [0.15, 0.2) is 35.1 Å². The van der Waals surface area contributed by atoms with Gasteiger partial charge < -0.3 is 11.1 Å². The zero-order chi connectivity index (χ0) is 13.1. The minimum absolute atomic E-state index is 0. The van der Waals surface area contributed by atoms with Gasteiger partial charge in [-0.3, -0.25) is 9.59 Å². The molecule has 2 rings (SSSR count). The van der Waals surface area contributed by atoms with Crippen molar-refractivity contribution in [2.75, 3.05) is 11.1 Å². The molecule has 0 aliphatic carbocycles. The van der Waals surface area contributed by atoms with E-state index in [9.17, 15) is 9.59 Å². The van der Waals surface area contributed by atoms with E-state index in [0.29, 0.717) is 10.7 Å². The van der Waals surface area contributed by atoms with Crippen molar-refractivity contribution in [3.63, 3.8) is 0 Å². The van der Waals surface area contributed by atoms with E-state index in [1.54, 1.807) is 24.3 Å². The molecule has 0 spiro atoms. The molecule has 0 fully saturated rings. The van der Waals surface area contributed by atoms with Crippen LogP contribution in [-0.4, -0.2) is 10.9 Å². The summed E-state index contributed by atoms with van der Waals surface area (Å²) in [5.74, 6) is -0.409. The second-order valence-electron chi connectivity index (χ2n) is 3.36. The molecule has 3 N–H and O–H groups in total. The first-order valence-electron chi connectivity index (χ1n) is 4.89. The highest BCUT2D eigenvalue weighted by molar-refractivity contribution is 8.93. The summed E-state index contributed by atoms with van der Waals surface area (Å²) < 4.78 is 0. The fraction of sp³-hybridized carbons (Fsp3) is 0. The minimum Gasteiger partial charge on any atom is -0.375 e. The lowest BCUT2D eigenvalue weighted by atomic mass is 10.3. The third kappa shape index (κ3) is 4.30. The Kier molecular flexibility index (Phi) is 5.46. The molecular weight excluding hydrogens is 354 g/mol. The molecule has 2 aromatic rings. The van der Waals surface area contributed by atoms with Gasteiger partial charge in [0.2, 0.25) is 0 Å². The Bertz CT molecular complexity index is 645. The van der Waals surface area contributed by atoms with Gasteiger partial charge in [-0.15, -0.1) is 17.0 Å². The first-order valence-corrected chi connectivity index (χ1v) is 6.08. The summed E-state index contributed by atoms with van der Waals surface area (Å²) in [6.07, 6.45) is 0. The van der Waals surface area contributed by atoms with E-state index in [1.807, 2.05) is 0 Å². The second kappa shape index (κ2) is 6.65. The number of nitrogen functional groups attached to an aromatic ring is 1. The third-order valence-electron chi connectivity index (χ3n) is 2.02. The Morgan fingerprint density at radius 3 is 2.53 bits per heavy atom. The topological polar surface area (TPSA) is 85.1 Å². The van der Waals surface area contributed by atoms with E-state index >= 15 is 0 Å². The molecule has 0 bridgehead atoms. The summed E-state index contributed by atoms with van der Waals surface area (Å²) in [5, 5.41) is 3.26. The molecule has 8 heteroatoms. The first kappa shape index (κ1) is 15.6. The molecule has 0 unspecified atom stereocenters. The standard InChI is InChI=1S/C11H8ClN3O2S.BrH/c12-6-1-3-7(4-2-6)14-10(17)8-5-9(16)15-11(13)18-8;/h1-5H,(H,14,17)(H2,13,15,16);1H. The number of benzene rings is 1. The third-order valence-corrected chi connectivity index (χ3v) is 3.09. The molecule has 1 heterocycles. The van der Waals surface area contributed by atoms with Crippen molar-refractivity contribution < 1.29 is 4.79 Å². The number of rotatable bonds is 2. The van der Waals surface area contributed by atoms with Gasteiger partial charge >= 0.3 is 0 Å². The van der Waals surface area contributed by atoms with E-state index < -0.39 is 11.5 Å². The van der Waals surface area contributed by atoms with Crippen LogP contribution in [0.5, 0.6) is 0 Å². The van der Waals surface area contributed by atoms with Gasteiger partial charge in [0.25, 0.3) is 11.5 Å². The Balaban J connectivity index is 0.00000180. The number of anilines is 2. The monoisotopic (exact) mass is 361 g/mol. The smallest absolute Gasteiger partial charge is 0.273 e. The zero-order valence-electron chi connectivity index (χ0n) is 9.42. The van der Waals surface area contributed by atoms with Crippen LogP contribution in [0, 0.1) is 0 Å². The fourth-order valence-corrected chi connectivity index (χ4v) is 2.05. The van der Waals surface area contributed by atoms with Crippen molar-refractivity contribution in [1.82, 2.24) is 4.98 Å². The van der Waals surface area contributed by atoms with Gasteiger partial charge in [0, 0.05) is 16.8 Å². The largest absolute Gasteiger partial charge is 0.375 e. The van der Waals surface area contributed by atoms with Crippen LogP contribution in [0.2, 0.25) is 5.02 Å². The van der Waals surface area contributed by atoms with Crippen LogP contribution in [-0.2, 0) is 0 Å². The Hall–Kier alpha value is -1.44. The number of carbonyl (C=O) groups excluding carboxylic acids is 1.